The zero-order valence-corrected chi connectivity index (χ0v) is 18.7. The zero-order chi connectivity index (χ0) is 22.1. The zero-order valence-electron chi connectivity index (χ0n) is 16.5. The number of ether oxygens (including phenoxy) is 1. The molecule has 1 radical (unpaired) electrons. The summed E-state index contributed by atoms with van der Waals surface area (Å²) < 4.78 is 5.80. The van der Waals surface area contributed by atoms with Crippen molar-refractivity contribution in [2.75, 3.05) is 45.8 Å². The SMILES string of the molecule is NCC#Cc1ccc(OC2CN(C(=O)[O-])CCN(C(=O)[O-])CCN(C(=O)[O-])C2)cc1.[Gd+3]. The van der Waals surface area contributed by atoms with Crippen LogP contribution in [0.3, 0.4) is 0 Å². The summed E-state index contributed by atoms with van der Waals surface area (Å²) in [6.45, 7) is -0.988. The third kappa shape index (κ3) is 8.74. The molecule has 1 aromatic carbocycles. The molecule has 1 aliphatic heterocycles. The smallest absolute Gasteiger partial charge is 0.530 e. The van der Waals surface area contributed by atoms with Crippen molar-refractivity contribution in [2.24, 2.45) is 5.73 Å². The van der Waals surface area contributed by atoms with Gasteiger partial charge < -0.3 is 54.9 Å². The van der Waals surface area contributed by atoms with Crippen LogP contribution < -0.4 is 25.8 Å². The van der Waals surface area contributed by atoms with Gasteiger partial charge in [0.1, 0.15) is 30.1 Å². The fraction of sp³-hybridized carbons (Fsp3) is 0.421. The van der Waals surface area contributed by atoms with E-state index in [2.05, 4.69) is 11.8 Å². The molecule has 0 aromatic heterocycles. The molecule has 2 N–H and O–H groups in total. The topological polar surface area (TPSA) is 165 Å². The molecule has 1 aliphatic rings. The molecule has 1 fully saturated rings. The third-order valence-electron chi connectivity index (χ3n) is 4.39. The summed E-state index contributed by atoms with van der Waals surface area (Å²) in [5, 5.41) is 34.1. The van der Waals surface area contributed by atoms with Gasteiger partial charge in [0.15, 0.2) is 0 Å². The summed E-state index contributed by atoms with van der Waals surface area (Å²) in [6, 6.07) is 6.60. The van der Waals surface area contributed by atoms with E-state index in [4.69, 9.17) is 10.5 Å². The number of benzene rings is 1. The van der Waals surface area contributed by atoms with E-state index in [-0.39, 0.29) is 85.8 Å². The van der Waals surface area contributed by atoms with Gasteiger partial charge in [-0.05, 0) is 24.3 Å². The van der Waals surface area contributed by atoms with E-state index in [1.807, 2.05) is 0 Å². The van der Waals surface area contributed by atoms with E-state index < -0.39 is 24.4 Å². The Morgan fingerprint density at radius 1 is 0.903 bits per heavy atom. The Bertz CT molecular complexity index is 797. The second kappa shape index (κ2) is 13.2. The maximum Gasteiger partial charge on any atom is 3.00 e. The van der Waals surface area contributed by atoms with Gasteiger partial charge in [-0.2, -0.15) is 0 Å². The summed E-state index contributed by atoms with van der Waals surface area (Å²) in [5.41, 5.74) is 6.03. The molecule has 31 heavy (non-hydrogen) atoms. The van der Waals surface area contributed by atoms with Gasteiger partial charge in [-0.3, -0.25) is 0 Å². The largest absolute Gasteiger partial charge is 3.00 e. The molecule has 167 valence electrons. The molecular formula is C19H21GdN4O7. The summed E-state index contributed by atoms with van der Waals surface area (Å²) in [5.74, 6) is 5.94. The first kappa shape index (κ1) is 26.7. The minimum atomic E-state index is -1.53. The fourth-order valence-electron chi connectivity index (χ4n) is 2.88. The number of nitrogens with two attached hydrogens (primary N) is 1. The van der Waals surface area contributed by atoms with Crippen LogP contribution in [-0.2, 0) is 0 Å². The monoisotopic (exact) mass is 575 g/mol. The van der Waals surface area contributed by atoms with Gasteiger partial charge in [0, 0.05) is 31.7 Å². The first-order valence-corrected chi connectivity index (χ1v) is 9.13. The molecule has 0 spiro atoms. The van der Waals surface area contributed by atoms with Crippen molar-refractivity contribution in [2.45, 2.75) is 6.10 Å². The Kier molecular flexibility index (Phi) is 11.3. The van der Waals surface area contributed by atoms with Gasteiger partial charge in [-0.25, -0.2) is 0 Å². The van der Waals surface area contributed by atoms with Gasteiger partial charge in [0.2, 0.25) is 0 Å². The average molecular weight is 575 g/mol. The standard InChI is InChI=1S/C19H24N4O7.Gd/c20-7-1-2-14-3-5-15(6-4-14)30-16-12-22(18(26)27)10-8-21(17(24)25)9-11-23(13-16)19(28)29;/h3-6,16H,7-13,20H2,(H,24,25)(H,26,27)(H,28,29);/q;+3/p-3. The molecule has 2 rings (SSSR count). The molecule has 0 atom stereocenters. The van der Waals surface area contributed by atoms with Crippen LogP contribution in [0.4, 0.5) is 14.4 Å². The van der Waals surface area contributed by atoms with Crippen LogP contribution >= 0.6 is 0 Å². The second-order valence-corrected chi connectivity index (χ2v) is 6.45. The molecule has 11 nitrogen and oxygen atoms in total. The Morgan fingerprint density at radius 2 is 1.35 bits per heavy atom. The van der Waals surface area contributed by atoms with Crippen LogP contribution in [0.15, 0.2) is 24.3 Å². The van der Waals surface area contributed by atoms with Crippen LogP contribution in [0.1, 0.15) is 5.56 Å². The van der Waals surface area contributed by atoms with Crippen LogP contribution in [0.2, 0.25) is 0 Å². The molecular weight excluding hydrogens is 553 g/mol. The molecule has 3 amide bonds. The Labute approximate surface area is 211 Å². The molecule has 12 heteroatoms. The number of carbonyl (C=O) groups is 3. The normalized spacial score (nSPS) is 15.2. The maximum atomic E-state index is 11.5. The van der Waals surface area contributed by atoms with Crippen LogP contribution in [0.5, 0.6) is 5.75 Å². The number of rotatable bonds is 2. The van der Waals surface area contributed by atoms with E-state index in [9.17, 15) is 29.7 Å². The van der Waals surface area contributed by atoms with Gasteiger partial charge >= 0.3 is 39.9 Å². The van der Waals surface area contributed by atoms with Crippen LogP contribution in [0, 0.1) is 51.8 Å². The van der Waals surface area contributed by atoms with Crippen molar-refractivity contribution < 1.29 is 74.4 Å². The number of carboxylic acid groups (broad SMARTS) is 3. The number of amides is 3. The predicted octanol–water partition coefficient (Wildman–Crippen LogP) is -3.31. The first-order valence-electron chi connectivity index (χ1n) is 9.13. The van der Waals surface area contributed by atoms with E-state index in [0.717, 1.165) is 14.7 Å². The van der Waals surface area contributed by atoms with Gasteiger partial charge in [-0.15, -0.1) is 0 Å². The fourth-order valence-corrected chi connectivity index (χ4v) is 2.88. The van der Waals surface area contributed by atoms with Crippen molar-refractivity contribution >= 4 is 18.3 Å². The average Bonchev–Trinajstić information content (AvgIpc) is 2.70. The second-order valence-electron chi connectivity index (χ2n) is 6.45. The Balaban J connectivity index is 0.00000480. The number of hydrogen-bond acceptors (Lipinski definition) is 8. The minimum absolute atomic E-state index is 0. The first-order chi connectivity index (χ1) is 14.3. The number of nitrogens with zero attached hydrogens (tertiary/aromatic N) is 3. The quantitative estimate of drug-likeness (QED) is 0.359. The molecule has 1 saturated heterocycles. The summed E-state index contributed by atoms with van der Waals surface area (Å²) in [6.07, 6.45) is -5.47. The van der Waals surface area contributed by atoms with Crippen LogP contribution in [0.25, 0.3) is 0 Å². The molecule has 0 saturated carbocycles. The van der Waals surface area contributed by atoms with Gasteiger partial charge in [-0.1, -0.05) is 11.8 Å². The van der Waals surface area contributed by atoms with Crippen molar-refractivity contribution in [3.05, 3.63) is 29.8 Å². The van der Waals surface area contributed by atoms with Crippen molar-refractivity contribution in [3.8, 4) is 17.6 Å². The molecule has 0 unspecified atom stereocenters. The van der Waals surface area contributed by atoms with E-state index in [0.29, 0.717) is 11.3 Å². The van der Waals surface area contributed by atoms with Crippen molar-refractivity contribution in [1.29, 1.82) is 0 Å². The molecule has 0 aliphatic carbocycles. The van der Waals surface area contributed by atoms with Gasteiger partial charge in [0.25, 0.3) is 0 Å². The molecule has 1 aromatic rings. The van der Waals surface area contributed by atoms with E-state index in [1.54, 1.807) is 24.3 Å². The summed E-state index contributed by atoms with van der Waals surface area (Å²) in [7, 11) is 0. The third-order valence-corrected chi connectivity index (χ3v) is 4.39. The van der Waals surface area contributed by atoms with Gasteiger partial charge in [0.05, 0.1) is 19.6 Å². The van der Waals surface area contributed by atoms with E-state index in [1.165, 1.54) is 0 Å². The van der Waals surface area contributed by atoms with E-state index >= 15 is 0 Å². The Morgan fingerprint density at radius 3 is 1.77 bits per heavy atom. The van der Waals surface area contributed by atoms with Crippen molar-refractivity contribution in [3.63, 3.8) is 0 Å². The van der Waals surface area contributed by atoms with Crippen LogP contribution in [-0.4, -0.2) is 84.9 Å². The van der Waals surface area contributed by atoms with Crippen molar-refractivity contribution in [1.82, 2.24) is 14.7 Å². The molecule has 1 heterocycles. The summed E-state index contributed by atoms with van der Waals surface area (Å²) >= 11 is 0. The number of hydrogen-bond donors (Lipinski definition) is 1. The summed E-state index contributed by atoms with van der Waals surface area (Å²) in [4.78, 5) is 36.7. The molecule has 0 bridgehead atoms. The Hall–Kier alpha value is -2.33. The number of carbonyl (C=O) groups excluding carboxylic acids is 3. The maximum absolute atomic E-state index is 11.5. The predicted molar refractivity (Wildman–Crippen MR) is 97.7 cm³/mol. The minimum Gasteiger partial charge on any atom is -0.530 e.